The number of rotatable bonds is 2. The summed E-state index contributed by atoms with van der Waals surface area (Å²) in [4.78, 5) is 10.2. The summed E-state index contributed by atoms with van der Waals surface area (Å²) in [6.07, 6.45) is 0. The largest absolute Gasteiger partial charge is 0.508 e. The molecule has 0 unspecified atom stereocenters. The van der Waals surface area contributed by atoms with Crippen molar-refractivity contribution in [3.8, 4) is 5.75 Å². The van der Waals surface area contributed by atoms with Gasteiger partial charge in [0.2, 0.25) is 0 Å². The summed E-state index contributed by atoms with van der Waals surface area (Å²) >= 11 is 0. The van der Waals surface area contributed by atoms with E-state index in [0.29, 0.717) is 17.2 Å². The quantitative estimate of drug-likeness (QED) is 0.861. The van der Waals surface area contributed by atoms with Crippen molar-refractivity contribution in [2.24, 2.45) is 0 Å². The van der Waals surface area contributed by atoms with Crippen molar-refractivity contribution in [1.82, 2.24) is 0 Å². The molecule has 0 aromatic heterocycles. The topological polar surface area (TPSA) is 57.5 Å². The molecule has 0 aliphatic rings. The zero-order valence-electron chi connectivity index (χ0n) is 12.0. The van der Waals surface area contributed by atoms with E-state index in [1.54, 1.807) is 30.3 Å². The van der Waals surface area contributed by atoms with Crippen molar-refractivity contribution in [3.05, 3.63) is 65.2 Å². The molecule has 0 bridgehead atoms. The number of carboxylic acid groups (broad SMARTS) is 1. The van der Waals surface area contributed by atoms with E-state index in [9.17, 15) is 9.90 Å². The van der Waals surface area contributed by atoms with Crippen LogP contribution in [0.25, 0.3) is 0 Å². The van der Waals surface area contributed by atoms with Crippen LogP contribution < -0.4 is 0 Å². The predicted molar refractivity (Wildman–Crippen MR) is 80.3 cm³/mol. The summed E-state index contributed by atoms with van der Waals surface area (Å²) in [6, 6.07) is 14.1. The van der Waals surface area contributed by atoms with Gasteiger partial charge in [-0.25, -0.2) is 4.79 Å². The minimum atomic E-state index is -0.879. The van der Waals surface area contributed by atoms with Gasteiger partial charge in [0.1, 0.15) is 5.75 Å². The van der Waals surface area contributed by atoms with Crippen molar-refractivity contribution in [2.45, 2.75) is 26.7 Å². The molecular weight excluding hydrogens is 252 g/mol. The first-order chi connectivity index (χ1) is 9.41. The van der Waals surface area contributed by atoms with Crippen LogP contribution in [0.4, 0.5) is 0 Å². The monoisotopic (exact) mass is 272 g/mol. The Morgan fingerprint density at radius 3 is 2.05 bits per heavy atom. The second-order valence-electron chi connectivity index (χ2n) is 4.87. The average molecular weight is 272 g/mol. The van der Waals surface area contributed by atoms with Gasteiger partial charge in [-0.3, -0.25) is 0 Å². The highest BCUT2D eigenvalue weighted by molar-refractivity contribution is 5.87. The van der Waals surface area contributed by atoms with Gasteiger partial charge in [0.05, 0.1) is 5.56 Å². The Hall–Kier alpha value is -2.29. The SMILES string of the molecule is Cc1ccc(C(C)C)cc1O.O=C(O)c1ccccc1. The lowest BCUT2D eigenvalue weighted by Crippen LogP contribution is -1.93. The molecule has 0 atom stereocenters. The smallest absolute Gasteiger partial charge is 0.335 e. The Labute approximate surface area is 119 Å². The lowest BCUT2D eigenvalue weighted by atomic mass is 10.0. The summed E-state index contributed by atoms with van der Waals surface area (Å²) in [5, 5.41) is 17.7. The van der Waals surface area contributed by atoms with E-state index in [1.807, 2.05) is 19.1 Å². The molecule has 0 radical (unpaired) electrons. The number of hydrogen-bond donors (Lipinski definition) is 2. The highest BCUT2D eigenvalue weighted by atomic mass is 16.4. The average Bonchev–Trinajstić information content (AvgIpc) is 2.43. The van der Waals surface area contributed by atoms with Crippen LogP contribution in [0.15, 0.2) is 48.5 Å². The molecule has 106 valence electrons. The first-order valence-corrected chi connectivity index (χ1v) is 6.49. The Morgan fingerprint density at radius 1 is 1.05 bits per heavy atom. The lowest BCUT2D eigenvalue weighted by Gasteiger charge is -2.06. The van der Waals surface area contributed by atoms with E-state index in [4.69, 9.17) is 5.11 Å². The van der Waals surface area contributed by atoms with Gasteiger partial charge < -0.3 is 10.2 Å². The van der Waals surface area contributed by atoms with Gasteiger partial charge in [-0.1, -0.05) is 44.2 Å². The summed E-state index contributed by atoms with van der Waals surface area (Å²) in [5.74, 6) is 0.00769. The van der Waals surface area contributed by atoms with E-state index in [2.05, 4.69) is 19.9 Å². The molecule has 0 amide bonds. The summed E-state index contributed by atoms with van der Waals surface area (Å²) in [6.45, 7) is 6.13. The third kappa shape index (κ3) is 4.76. The number of aryl methyl sites for hydroxylation is 1. The second-order valence-corrected chi connectivity index (χ2v) is 4.87. The molecule has 2 rings (SSSR count). The molecule has 0 fully saturated rings. The molecule has 2 N–H and O–H groups in total. The summed E-state index contributed by atoms with van der Waals surface area (Å²) in [7, 11) is 0. The molecule has 0 saturated heterocycles. The van der Waals surface area contributed by atoms with Crippen LogP contribution in [0.5, 0.6) is 5.75 Å². The van der Waals surface area contributed by atoms with Gasteiger partial charge in [0, 0.05) is 0 Å². The molecule has 2 aromatic rings. The minimum absolute atomic E-state index is 0.331. The van der Waals surface area contributed by atoms with Gasteiger partial charge in [0.25, 0.3) is 0 Å². The van der Waals surface area contributed by atoms with Gasteiger partial charge in [-0.15, -0.1) is 0 Å². The Bertz CT molecular complexity index is 560. The van der Waals surface area contributed by atoms with Crippen LogP contribution in [0.3, 0.4) is 0 Å². The van der Waals surface area contributed by atoms with Crippen molar-refractivity contribution in [2.75, 3.05) is 0 Å². The van der Waals surface area contributed by atoms with E-state index in [0.717, 1.165) is 5.56 Å². The number of phenols is 1. The fourth-order valence-electron chi connectivity index (χ4n) is 1.57. The molecule has 3 heteroatoms. The molecular formula is C17H20O3. The minimum Gasteiger partial charge on any atom is -0.508 e. The number of benzene rings is 2. The standard InChI is InChI=1S/C10H14O.C7H6O2/c1-7(2)9-5-4-8(3)10(11)6-9;8-7(9)6-4-2-1-3-5-6/h4-7,11H,1-3H3;1-5H,(H,8,9). The van der Waals surface area contributed by atoms with Gasteiger partial charge >= 0.3 is 5.97 Å². The lowest BCUT2D eigenvalue weighted by molar-refractivity contribution is 0.0697. The maximum absolute atomic E-state index is 10.2. The van der Waals surface area contributed by atoms with E-state index < -0.39 is 5.97 Å². The highest BCUT2D eigenvalue weighted by Gasteiger charge is 2.01. The molecule has 20 heavy (non-hydrogen) atoms. The van der Waals surface area contributed by atoms with Crippen molar-refractivity contribution in [3.63, 3.8) is 0 Å². The number of carbonyl (C=O) groups is 1. The number of aromatic carboxylic acids is 1. The predicted octanol–water partition coefficient (Wildman–Crippen LogP) is 4.21. The van der Waals surface area contributed by atoms with E-state index >= 15 is 0 Å². The molecule has 3 nitrogen and oxygen atoms in total. The summed E-state index contributed by atoms with van der Waals surface area (Å²) < 4.78 is 0. The Morgan fingerprint density at radius 2 is 1.65 bits per heavy atom. The van der Waals surface area contributed by atoms with Crippen LogP contribution >= 0.6 is 0 Å². The van der Waals surface area contributed by atoms with Crippen LogP contribution in [0.1, 0.15) is 41.3 Å². The van der Waals surface area contributed by atoms with Crippen molar-refractivity contribution >= 4 is 5.97 Å². The Balaban J connectivity index is 0.000000204. The van der Waals surface area contributed by atoms with Crippen LogP contribution in [0, 0.1) is 6.92 Å². The fourth-order valence-corrected chi connectivity index (χ4v) is 1.57. The number of hydrogen-bond acceptors (Lipinski definition) is 2. The molecule has 0 aliphatic heterocycles. The van der Waals surface area contributed by atoms with Crippen LogP contribution in [-0.2, 0) is 0 Å². The number of carboxylic acids is 1. The first-order valence-electron chi connectivity index (χ1n) is 6.49. The summed E-state index contributed by atoms with van der Waals surface area (Å²) in [5.41, 5.74) is 2.46. The third-order valence-electron chi connectivity index (χ3n) is 2.92. The van der Waals surface area contributed by atoms with Crippen LogP contribution in [0.2, 0.25) is 0 Å². The molecule has 0 saturated carbocycles. The fraction of sp³-hybridized carbons (Fsp3) is 0.235. The van der Waals surface area contributed by atoms with Gasteiger partial charge in [0.15, 0.2) is 0 Å². The number of phenolic OH excluding ortho intramolecular Hbond substituents is 1. The molecule has 0 spiro atoms. The molecule has 0 heterocycles. The maximum atomic E-state index is 10.2. The van der Waals surface area contributed by atoms with E-state index in [-0.39, 0.29) is 0 Å². The van der Waals surface area contributed by atoms with Crippen LogP contribution in [-0.4, -0.2) is 16.2 Å². The van der Waals surface area contributed by atoms with E-state index in [1.165, 1.54) is 5.56 Å². The van der Waals surface area contributed by atoms with Gasteiger partial charge in [-0.05, 0) is 42.2 Å². The zero-order valence-corrected chi connectivity index (χ0v) is 12.0. The molecule has 2 aromatic carbocycles. The second kappa shape index (κ2) is 7.34. The first kappa shape index (κ1) is 15.8. The Kier molecular flexibility index (Phi) is 5.78. The normalized spacial score (nSPS) is 9.80. The van der Waals surface area contributed by atoms with Crippen molar-refractivity contribution in [1.29, 1.82) is 0 Å². The third-order valence-corrected chi connectivity index (χ3v) is 2.92. The maximum Gasteiger partial charge on any atom is 0.335 e. The number of aromatic hydroxyl groups is 1. The van der Waals surface area contributed by atoms with Crippen molar-refractivity contribution < 1.29 is 15.0 Å². The zero-order chi connectivity index (χ0) is 15.1. The van der Waals surface area contributed by atoms with Gasteiger partial charge in [-0.2, -0.15) is 0 Å². The molecule has 0 aliphatic carbocycles. The highest BCUT2D eigenvalue weighted by Crippen LogP contribution is 2.22.